The number of aryl methyl sites for hydroxylation is 1. The summed E-state index contributed by atoms with van der Waals surface area (Å²) in [4.78, 5) is 16.1. The van der Waals surface area contributed by atoms with Crippen LogP contribution in [0.15, 0.2) is 48.7 Å². The van der Waals surface area contributed by atoms with Crippen LogP contribution >= 0.6 is 0 Å². The lowest BCUT2D eigenvalue weighted by Gasteiger charge is -2.30. The van der Waals surface area contributed by atoms with Crippen LogP contribution in [0.1, 0.15) is 81.0 Å². The predicted molar refractivity (Wildman–Crippen MR) is 150 cm³/mol. The average molecular weight is 532 g/mol. The van der Waals surface area contributed by atoms with Crippen LogP contribution in [0.5, 0.6) is 11.6 Å². The first kappa shape index (κ1) is 27.2. The van der Waals surface area contributed by atoms with E-state index in [9.17, 15) is 4.79 Å². The van der Waals surface area contributed by atoms with Crippen LogP contribution in [0.2, 0.25) is 0 Å². The van der Waals surface area contributed by atoms with Gasteiger partial charge in [0.25, 0.3) is 0 Å². The van der Waals surface area contributed by atoms with Gasteiger partial charge in [-0.1, -0.05) is 51.5 Å². The van der Waals surface area contributed by atoms with Gasteiger partial charge in [0.05, 0.1) is 26.8 Å². The number of aromatic nitrogens is 1. The van der Waals surface area contributed by atoms with Gasteiger partial charge < -0.3 is 14.2 Å². The second-order valence-electron chi connectivity index (χ2n) is 12.0. The third-order valence-electron chi connectivity index (χ3n) is 8.92. The van der Waals surface area contributed by atoms with Crippen molar-refractivity contribution in [2.45, 2.75) is 77.2 Å². The van der Waals surface area contributed by atoms with Crippen molar-refractivity contribution in [2.75, 3.05) is 14.2 Å². The van der Waals surface area contributed by atoms with E-state index in [1.54, 1.807) is 13.2 Å². The van der Waals surface area contributed by atoms with E-state index >= 15 is 4.39 Å². The lowest BCUT2D eigenvalue weighted by atomic mass is 9.75. The molecule has 39 heavy (non-hydrogen) atoms. The summed E-state index contributed by atoms with van der Waals surface area (Å²) in [6.45, 7) is 7.13. The van der Waals surface area contributed by atoms with Crippen molar-refractivity contribution in [2.24, 2.45) is 5.41 Å². The van der Waals surface area contributed by atoms with Crippen LogP contribution in [-0.2, 0) is 28.0 Å². The van der Waals surface area contributed by atoms with Crippen LogP contribution in [0.3, 0.4) is 0 Å². The Labute approximate surface area is 230 Å². The highest BCUT2D eigenvalue weighted by molar-refractivity contribution is 5.72. The zero-order chi connectivity index (χ0) is 27.8. The Hall–Kier alpha value is -3.41. The number of hydrogen-bond acceptors (Lipinski definition) is 5. The number of ether oxygens (including phenoxy) is 3. The highest BCUT2D eigenvalue weighted by atomic mass is 19.1. The lowest BCUT2D eigenvalue weighted by molar-refractivity contribution is -0.142. The third-order valence-corrected chi connectivity index (χ3v) is 8.92. The number of carbonyl (C=O) groups excluding carboxylic acids is 1. The fourth-order valence-electron chi connectivity index (χ4n) is 6.59. The van der Waals surface area contributed by atoms with Gasteiger partial charge in [-0.2, -0.15) is 0 Å². The zero-order valence-electron chi connectivity index (χ0n) is 23.6. The molecule has 2 aliphatic carbocycles. The zero-order valence-corrected chi connectivity index (χ0v) is 23.6. The molecule has 1 heterocycles. The summed E-state index contributed by atoms with van der Waals surface area (Å²) in [6, 6.07) is 14.1. The van der Waals surface area contributed by atoms with Crippen molar-refractivity contribution in [1.82, 2.24) is 4.98 Å². The van der Waals surface area contributed by atoms with Gasteiger partial charge >= 0.3 is 5.97 Å². The normalized spacial score (nSPS) is 21.4. The van der Waals surface area contributed by atoms with E-state index in [2.05, 4.69) is 44.0 Å². The molecule has 5 rings (SSSR count). The van der Waals surface area contributed by atoms with Crippen molar-refractivity contribution in [1.29, 1.82) is 0 Å². The summed E-state index contributed by atoms with van der Waals surface area (Å²) in [5.74, 6) is 0.937. The molecule has 1 aromatic heterocycles. The molecule has 5 nitrogen and oxygen atoms in total. The minimum absolute atomic E-state index is 0.117. The minimum Gasteiger partial charge on any atom is -0.489 e. The monoisotopic (exact) mass is 531 g/mol. The van der Waals surface area contributed by atoms with Crippen molar-refractivity contribution >= 4 is 5.97 Å². The Morgan fingerprint density at radius 1 is 1.05 bits per heavy atom. The standard InChI is InChI=1S/C33H38FNO4/c1-32(2)13-6-7-27(32)25-15-21(8-11-24(25)26-17-30(37-4)35-19-29(26)34)20-39-23-10-9-22-12-14-33(3,28(22)16-23)18-31(36)38-5/h8-11,15-17,19,27H,6-7,12-14,18,20H2,1-5H3/t27-,33-/m1/s1. The van der Waals surface area contributed by atoms with Gasteiger partial charge in [-0.05, 0) is 77.0 Å². The quantitative estimate of drug-likeness (QED) is 0.281. The number of halogens is 1. The number of methoxy groups -OCH3 is 2. The molecular formula is C33H38FNO4. The van der Waals surface area contributed by atoms with E-state index in [-0.39, 0.29) is 22.6 Å². The van der Waals surface area contributed by atoms with E-state index < -0.39 is 0 Å². The number of carbonyl (C=O) groups is 1. The Balaban J connectivity index is 1.44. The van der Waals surface area contributed by atoms with E-state index in [1.165, 1.54) is 18.9 Å². The Morgan fingerprint density at radius 3 is 2.59 bits per heavy atom. The number of pyridine rings is 1. The van der Waals surface area contributed by atoms with E-state index in [1.807, 2.05) is 18.2 Å². The number of rotatable bonds is 8. The van der Waals surface area contributed by atoms with E-state index in [4.69, 9.17) is 14.2 Å². The molecule has 0 amide bonds. The number of fused-ring (bicyclic) bond motifs is 1. The molecule has 6 heteroatoms. The second-order valence-corrected chi connectivity index (χ2v) is 12.0. The summed E-state index contributed by atoms with van der Waals surface area (Å²) in [5, 5.41) is 0. The van der Waals surface area contributed by atoms with Crippen LogP contribution in [0.4, 0.5) is 4.39 Å². The van der Waals surface area contributed by atoms with Gasteiger partial charge in [-0.25, -0.2) is 9.37 Å². The van der Waals surface area contributed by atoms with Gasteiger partial charge in [0.2, 0.25) is 5.88 Å². The molecule has 0 N–H and O–H groups in total. The largest absolute Gasteiger partial charge is 0.489 e. The smallest absolute Gasteiger partial charge is 0.306 e. The Kier molecular flexibility index (Phi) is 7.41. The molecular weight excluding hydrogens is 493 g/mol. The molecule has 0 spiro atoms. The first-order valence-electron chi connectivity index (χ1n) is 13.8. The van der Waals surface area contributed by atoms with Gasteiger partial charge in [-0.15, -0.1) is 0 Å². The summed E-state index contributed by atoms with van der Waals surface area (Å²) >= 11 is 0. The number of benzene rings is 2. The molecule has 0 radical (unpaired) electrons. The first-order valence-corrected chi connectivity index (χ1v) is 13.8. The minimum atomic E-state index is -0.356. The third kappa shape index (κ3) is 5.39. The van der Waals surface area contributed by atoms with Gasteiger partial charge in [0, 0.05) is 17.0 Å². The topological polar surface area (TPSA) is 57.7 Å². The lowest BCUT2D eigenvalue weighted by Crippen LogP contribution is -2.23. The fraction of sp³-hybridized carbons (Fsp3) is 0.455. The maximum absolute atomic E-state index is 15.0. The van der Waals surface area contributed by atoms with E-state index in [0.29, 0.717) is 30.4 Å². The Bertz CT molecular complexity index is 1380. The van der Waals surface area contributed by atoms with Crippen molar-refractivity contribution in [3.05, 3.63) is 76.7 Å². The summed E-state index contributed by atoms with van der Waals surface area (Å²) < 4.78 is 31.6. The van der Waals surface area contributed by atoms with Crippen LogP contribution in [0, 0.1) is 11.2 Å². The molecule has 1 saturated carbocycles. The molecule has 3 aromatic rings. The highest BCUT2D eigenvalue weighted by Crippen LogP contribution is 2.51. The summed E-state index contributed by atoms with van der Waals surface area (Å²) in [5.41, 5.74) is 5.87. The van der Waals surface area contributed by atoms with E-state index in [0.717, 1.165) is 60.1 Å². The Morgan fingerprint density at radius 2 is 1.87 bits per heavy atom. The molecule has 0 saturated heterocycles. The fourth-order valence-corrected chi connectivity index (χ4v) is 6.59. The van der Waals surface area contributed by atoms with Crippen molar-refractivity contribution in [3.63, 3.8) is 0 Å². The summed E-state index contributed by atoms with van der Waals surface area (Å²) in [6.07, 6.45) is 6.81. The highest BCUT2D eigenvalue weighted by Gasteiger charge is 2.38. The molecule has 1 fully saturated rings. The van der Waals surface area contributed by atoms with Crippen LogP contribution < -0.4 is 9.47 Å². The number of nitrogens with zero attached hydrogens (tertiary/aromatic N) is 1. The first-order chi connectivity index (χ1) is 18.6. The van der Waals surface area contributed by atoms with Crippen LogP contribution in [0.25, 0.3) is 11.1 Å². The second kappa shape index (κ2) is 10.6. The van der Waals surface area contributed by atoms with Gasteiger partial charge in [0.1, 0.15) is 18.2 Å². The van der Waals surface area contributed by atoms with Crippen molar-refractivity contribution in [3.8, 4) is 22.8 Å². The SMILES string of the molecule is COC(=O)C[C@@]1(C)CCc2ccc(OCc3ccc(-c4cc(OC)ncc4F)c([C@H]4CCCC4(C)C)c3)cc21. The molecule has 0 aliphatic heterocycles. The average Bonchev–Trinajstić information content (AvgIpc) is 3.45. The molecule has 0 unspecified atom stereocenters. The molecule has 2 aliphatic rings. The number of esters is 1. The van der Waals surface area contributed by atoms with Gasteiger partial charge in [-0.3, -0.25) is 4.79 Å². The molecule has 0 bridgehead atoms. The predicted octanol–water partition coefficient (Wildman–Crippen LogP) is 7.54. The molecule has 206 valence electrons. The maximum atomic E-state index is 15.0. The maximum Gasteiger partial charge on any atom is 0.306 e. The van der Waals surface area contributed by atoms with Gasteiger partial charge in [0.15, 0.2) is 0 Å². The molecule has 2 aromatic carbocycles. The molecule has 2 atom stereocenters. The van der Waals surface area contributed by atoms with Crippen LogP contribution in [-0.4, -0.2) is 25.2 Å². The van der Waals surface area contributed by atoms with Crippen molar-refractivity contribution < 1.29 is 23.4 Å². The summed E-state index contributed by atoms with van der Waals surface area (Å²) in [7, 11) is 2.98. The number of hydrogen-bond donors (Lipinski definition) is 0.